The molecule has 0 unspecified atom stereocenters. The predicted molar refractivity (Wildman–Crippen MR) is 94.5 cm³/mol. The number of nitrogens with one attached hydrogen (secondary N) is 1. The van der Waals surface area contributed by atoms with E-state index < -0.39 is 12.0 Å². The van der Waals surface area contributed by atoms with Crippen LogP contribution in [0.3, 0.4) is 0 Å². The van der Waals surface area contributed by atoms with E-state index in [-0.39, 0.29) is 5.91 Å². The first-order valence-corrected chi connectivity index (χ1v) is 7.90. The molecule has 0 aliphatic carbocycles. The van der Waals surface area contributed by atoms with E-state index in [4.69, 9.17) is 10.5 Å². The van der Waals surface area contributed by atoms with Crippen molar-refractivity contribution < 1.29 is 14.3 Å². The average molecular weight is 326 g/mol. The average Bonchev–Trinajstić information content (AvgIpc) is 2.61. The number of carbonyl (C=O) groups is 2. The van der Waals surface area contributed by atoms with Crippen molar-refractivity contribution in [2.24, 2.45) is 0 Å². The molecular weight excluding hydrogens is 304 g/mol. The molecule has 0 saturated carbocycles. The molecular formula is C19H22N2O3. The van der Waals surface area contributed by atoms with Crippen molar-refractivity contribution in [3.63, 3.8) is 0 Å². The van der Waals surface area contributed by atoms with Gasteiger partial charge in [0.05, 0.1) is 7.11 Å². The van der Waals surface area contributed by atoms with E-state index in [9.17, 15) is 9.59 Å². The number of carbonyl (C=O) groups excluding carboxylic acids is 2. The lowest BCUT2D eigenvalue weighted by Crippen LogP contribution is -2.41. The number of hydrogen-bond acceptors (Lipinski definition) is 4. The minimum absolute atomic E-state index is 0.322. The fourth-order valence-electron chi connectivity index (χ4n) is 2.53. The highest BCUT2D eigenvalue weighted by atomic mass is 16.5. The van der Waals surface area contributed by atoms with Crippen molar-refractivity contribution in [1.82, 2.24) is 5.32 Å². The Morgan fingerprint density at radius 3 is 2.50 bits per heavy atom. The van der Waals surface area contributed by atoms with E-state index in [2.05, 4.69) is 5.32 Å². The van der Waals surface area contributed by atoms with E-state index in [1.165, 1.54) is 7.11 Å². The summed E-state index contributed by atoms with van der Waals surface area (Å²) in [4.78, 5) is 24.5. The van der Waals surface area contributed by atoms with E-state index in [1.54, 1.807) is 18.2 Å². The first kappa shape index (κ1) is 17.5. The highest BCUT2D eigenvalue weighted by molar-refractivity contribution is 6.03. The maximum Gasteiger partial charge on any atom is 0.328 e. The molecule has 2 aromatic rings. The third-order valence-corrected chi connectivity index (χ3v) is 3.74. The van der Waals surface area contributed by atoms with Crippen LogP contribution < -0.4 is 11.1 Å². The zero-order valence-electron chi connectivity index (χ0n) is 13.9. The molecule has 2 aromatic carbocycles. The van der Waals surface area contributed by atoms with Crippen LogP contribution in [0.5, 0.6) is 0 Å². The molecule has 0 bridgehead atoms. The van der Waals surface area contributed by atoms with Crippen LogP contribution in [-0.2, 0) is 9.53 Å². The van der Waals surface area contributed by atoms with Gasteiger partial charge in [-0.25, -0.2) is 4.79 Å². The Balaban J connectivity index is 2.34. The number of hydrogen-bond donors (Lipinski definition) is 2. The normalized spacial score (nSPS) is 11.6. The van der Waals surface area contributed by atoms with Crippen LogP contribution >= 0.6 is 0 Å². The molecule has 3 N–H and O–H groups in total. The van der Waals surface area contributed by atoms with Gasteiger partial charge in [-0.3, -0.25) is 4.79 Å². The fraction of sp³-hybridized carbons (Fsp3) is 0.263. The van der Waals surface area contributed by atoms with Crippen LogP contribution in [-0.4, -0.2) is 25.0 Å². The summed E-state index contributed by atoms with van der Waals surface area (Å²) in [6.45, 7) is 1.95. The first-order chi connectivity index (χ1) is 11.6. The second kappa shape index (κ2) is 8.15. The SMILES string of the molecule is CCC[C@H](NC(=O)c1ccc(N)cc1-c1ccccc1)C(=O)OC. The van der Waals surface area contributed by atoms with Crippen LogP contribution in [0.15, 0.2) is 48.5 Å². The second-order valence-electron chi connectivity index (χ2n) is 5.51. The third kappa shape index (κ3) is 4.13. The first-order valence-electron chi connectivity index (χ1n) is 7.90. The molecule has 5 nitrogen and oxygen atoms in total. The lowest BCUT2D eigenvalue weighted by Gasteiger charge is -2.17. The number of esters is 1. The predicted octanol–water partition coefficient (Wildman–Crippen LogP) is 3.01. The Bertz CT molecular complexity index is 714. The van der Waals surface area contributed by atoms with Crippen LogP contribution in [0.2, 0.25) is 0 Å². The van der Waals surface area contributed by atoms with Crippen molar-refractivity contribution in [2.75, 3.05) is 12.8 Å². The number of anilines is 1. The Hall–Kier alpha value is -2.82. The van der Waals surface area contributed by atoms with Gasteiger partial charge in [0.15, 0.2) is 0 Å². The fourth-order valence-corrected chi connectivity index (χ4v) is 2.53. The van der Waals surface area contributed by atoms with E-state index in [0.29, 0.717) is 17.7 Å². The van der Waals surface area contributed by atoms with Gasteiger partial charge in [0.1, 0.15) is 6.04 Å². The van der Waals surface area contributed by atoms with E-state index in [1.807, 2.05) is 37.3 Å². The van der Waals surface area contributed by atoms with Crippen molar-refractivity contribution in [3.05, 3.63) is 54.1 Å². The van der Waals surface area contributed by atoms with Gasteiger partial charge in [-0.1, -0.05) is 43.7 Å². The van der Waals surface area contributed by atoms with E-state index >= 15 is 0 Å². The van der Waals surface area contributed by atoms with Gasteiger partial charge >= 0.3 is 5.97 Å². The van der Waals surface area contributed by atoms with Gasteiger partial charge in [-0.2, -0.15) is 0 Å². The highest BCUT2D eigenvalue weighted by Gasteiger charge is 2.22. The number of amides is 1. The molecule has 0 aromatic heterocycles. The molecule has 2 rings (SSSR count). The summed E-state index contributed by atoms with van der Waals surface area (Å²) >= 11 is 0. The van der Waals surface area contributed by atoms with E-state index in [0.717, 1.165) is 17.5 Å². The van der Waals surface area contributed by atoms with Crippen molar-refractivity contribution in [1.29, 1.82) is 0 Å². The van der Waals surface area contributed by atoms with Crippen LogP contribution in [0.1, 0.15) is 30.1 Å². The lowest BCUT2D eigenvalue weighted by atomic mass is 9.98. The summed E-state index contributed by atoms with van der Waals surface area (Å²) in [5.41, 5.74) is 8.54. The molecule has 5 heteroatoms. The topological polar surface area (TPSA) is 81.4 Å². The molecule has 0 saturated heterocycles. The second-order valence-corrected chi connectivity index (χ2v) is 5.51. The molecule has 0 aliphatic rings. The molecule has 1 atom stereocenters. The van der Waals surface area contributed by atoms with Gasteiger partial charge in [-0.15, -0.1) is 0 Å². The number of benzene rings is 2. The minimum Gasteiger partial charge on any atom is -0.467 e. The zero-order valence-corrected chi connectivity index (χ0v) is 13.9. The Morgan fingerprint density at radius 1 is 1.17 bits per heavy atom. The van der Waals surface area contributed by atoms with Crippen molar-refractivity contribution in [2.45, 2.75) is 25.8 Å². The van der Waals surface area contributed by atoms with Gasteiger partial charge in [0, 0.05) is 11.3 Å². The molecule has 0 radical (unpaired) electrons. The smallest absolute Gasteiger partial charge is 0.328 e. The highest BCUT2D eigenvalue weighted by Crippen LogP contribution is 2.26. The largest absolute Gasteiger partial charge is 0.467 e. The zero-order chi connectivity index (χ0) is 17.5. The third-order valence-electron chi connectivity index (χ3n) is 3.74. The van der Waals surface area contributed by atoms with Crippen LogP contribution in [0.4, 0.5) is 5.69 Å². The Morgan fingerprint density at radius 2 is 1.88 bits per heavy atom. The van der Waals surface area contributed by atoms with Gasteiger partial charge in [-0.05, 0) is 35.7 Å². The Kier molecular flexibility index (Phi) is 5.95. The molecule has 0 heterocycles. The molecule has 0 fully saturated rings. The minimum atomic E-state index is -0.659. The summed E-state index contributed by atoms with van der Waals surface area (Å²) in [6, 6.07) is 14.0. The van der Waals surface area contributed by atoms with Gasteiger partial charge < -0.3 is 15.8 Å². The molecule has 0 aliphatic heterocycles. The monoisotopic (exact) mass is 326 g/mol. The number of rotatable bonds is 6. The van der Waals surface area contributed by atoms with Crippen molar-refractivity contribution >= 4 is 17.6 Å². The molecule has 126 valence electrons. The number of nitrogen functional groups attached to an aromatic ring is 1. The maximum atomic E-state index is 12.7. The summed E-state index contributed by atoms with van der Waals surface area (Å²) < 4.78 is 4.76. The maximum absolute atomic E-state index is 12.7. The van der Waals surface area contributed by atoms with Gasteiger partial charge in [0.25, 0.3) is 5.91 Å². The van der Waals surface area contributed by atoms with Crippen LogP contribution in [0, 0.1) is 0 Å². The molecule has 0 spiro atoms. The number of ether oxygens (including phenoxy) is 1. The molecule has 24 heavy (non-hydrogen) atoms. The number of methoxy groups -OCH3 is 1. The summed E-state index contributed by atoms with van der Waals surface area (Å²) in [5.74, 6) is -0.764. The lowest BCUT2D eigenvalue weighted by molar-refractivity contribution is -0.143. The summed E-state index contributed by atoms with van der Waals surface area (Å²) in [7, 11) is 1.32. The van der Waals surface area contributed by atoms with Gasteiger partial charge in [0.2, 0.25) is 0 Å². The van der Waals surface area contributed by atoms with Crippen molar-refractivity contribution in [3.8, 4) is 11.1 Å². The Labute approximate surface area is 141 Å². The van der Waals surface area contributed by atoms with Crippen LogP contribution in [0.25, 0.3) is 11.1 Å². The number of nitrogens with two attached hydrogens (primary N) is 1. The quantitative estimate of drug-likeness (QED) is 0.631. The summed E-state index contributed by atoms with van der Waals surface area (Å²) in [6.07, 6.45) is 1.28. The standard InChI is InChI=1S/C19H22N2O3/c1-3-7-17(19(23)24-2)21-18(22)15-11-10-14(20)12-16(15)13-8-5-4-6-9-13/h4-6,8-12,17H,3,7,20H2,1-2H3,(H,21,22)/t17-/m0/s1. The summed E-state index contributed by atoms with van der Waals surface area (Å²) in [5, 5.41) is 2.76. The molecule has 1 amide bonds.